The number of nitrogens with zero attached hydrogens (tertiary/aromatic N) is 2. The van der Waals surface area contributed by atoms with Crippen molar-refractivity contribution in [3.63, 3.8) is 0 Å². The van der Waals surface area contributed by atoms with Gasteiger partial charge in [-0.1, -0.05) is 30.0 Å². The Labute approximate surface area is 167 Å². The van der Waals surface area contributed by atoms with Gasteiger partial charge in [-0.15, -0.1) is 0 Å². The SMILES string of the molecule is COc1ccc(N2C(=O)/C(=C\c3ccc(Br)c([N+](=O)[O-])c3)SC2=S)cc1. The lowest BCUT2D eigenvalue weighted by Crippen LogP contribution is -2.27. The van der Waals surface area contributed by atoms with Crippen LogP contribution in [0.3, 0.4) is 0 Å². The van der Waals surface area contributed by atoms with Crippen LogP contribution in [0.1, 0.15) is 5.56 Å². The third-order valence-electron chi connectivity index (χ3n) is 3.59. The Hall–Kier alpha value is -2.23. The molecule has 0 aliphatic carbocycles. The van der Waals surface area contributed by atoms with Gasteiger partial charge in [-0.3, -0.25) is 19.8 Å². The van der Waals surface area contributed by atoms with Crippen molar-refractivity contribution in [1.29, 1.82) is 0 Å². The number of rotatable bonds is 4. The van der Waals surface area contributed by atoms with E-state index in [4.69, 9.17) is 17.0 Å². The van der Waals surface area contributed by atoms with Crippen LogP contribution in [0.5, 0.6) is 5.75 Å². The van der Waals surface area contributed by atoms with E-state index in [2.05, 4.69) is 15.9 Å². The van der Waals surface area contributed by atoms with Crippen molar-refractivity contribution >= 4 is 67.6 Å². The number of nitro benzene ring substituents is 1. The molecule has 9 heteroatoms. The van der Waals surface area contributed by atoms with Gasteiger partial charge in [0.05, 0.1) is 27.1 Å². The minimum atomic E-state index is -0.482. The van der Waals surface area contributed by atoms with E-state index < -0.39 is 4.92 Å². The zero-order valence-corrected chi connectivity index (χ0v) is 16.6. The van der Waals surface area contributed by atoms with Crippen LogP contribution in [0.2, 0.25) is 0 Å². The topological polar surface area (TPSA) is 72.7 Å². The fourth-order valence-electron chi connectivity index (χ4n) is 2.33. The number of carbonyl (C=O) groups excluding carboxylic acids is 1. The first-order chi connectivity index (χ1) is 12.4. The number of carbonyl (C=O) groups is 1. The van der Waals surface area contributed by atoms with Crippen molar-refractivity contribution < 1.29 is 14.5 Å². The molecule has 1 amide bonds. The molecule has 0 bridgehead atoms. The molecule has 132 valence electrons. The van der Waals surface area contributed by atoms with Crippen molar-refractivity contribution in [3.8, 4) is 5.75 Å². The van der Waals surface area contributed by atoms with E-state index >= 15 is 0 Å². The van der Waals surface area contributed by atoms with E-state index in [1.165, 1.54) is 11.0 Å². The van der Waals surface area contributed by atoms with E-state index in [0.29, 0.717) is 30.7 Å². The maximum atomic E-state index is 12.7. The van der Waals surface area contributed by atoms with E-state index in [1.54, 1.807) is 49.6 Å². The molecule has 0 spiro atoms. The number of thiocarbonyl (C=S) groups is 1. The number of methoxy groups -OCH3 is 1. The summed E-state index contributed by atoms with van der Waals surface area (Å²) in [6, 6.07) is 11.7. The van der Waals surface area contributed by atoms with Gasteiger partial charge >= 0.3 is 0 Å². The Morgan fingerprint density at radius 2 is 1.96 bits per heavy atom. The number of benzene rings is 2. The van der Waals surface area contributed by atoms with Gasteiger partial charge in [0.25, 0.3) is 11.6 Å². The largest absolute Gasteiger partial charge is 0.497 e. The molecular formula is C17H11BrN2O4S2. The summed E-state index contributed by atoms with van der Waals surface area (Å²) in [5.74, 6) is 0.410. The van der Waals surface area contributed by atoms with E-state index in [-0.39, 0.29) is 11.6 Å². The van der Waals surface area contributed by atoms with Crippen molar-refractivity contribution in [1.82, 2.24) is 0 Å². The van der Waals surface area contributed by atoms with Gasteiger partial charge in [-0.25, -0.2) is 0 Å². The van der Waals surface area contributed by atoms with E-state index in [9.17, 15) is 14.9 Å². The zero-order chi connectivity index (χ0) is 18.8. The molecule has 1 fully saturated rings. The molecule has 0 aromatic heterocycles. The predicted molar refractivity (Wildman–Crippen MR) is 109 cm³/mol. The molecule has 2 aromatic carbocycles. The maximum absolute atomic E-state index is 12.7. The van der Waals surface area contributed by atoms with Crippen LogP contribution in [0.15, 0.2) is 51.8 Å². The highest BCUT2D eigenvalue weighted by atomic mass is 79.9. The van der Waals surface area contributed by atoms with Crippen LogP contribution >= 0.6 is 39.9 Å². The lowest BCUT2D eigenvalue weighted by Gasteiger charge is -2.14. The Balaban J connectivity index is 1.92. The smallest absolute Gasteiger partial charge is 0.284 e. The lowest BCUT2D eigenvalue weighted by molar-refractivity contribution is -0.385. The van der Waals surface area contributed by atoms with Crippen LogP contribution in [-0.4, -0.2) is 22.3 Å². The second kappa shape index (κ2) is 7.56. The summed E-state index contributed by atoms with van der Waals surface area (Å²) in [7, 11) is 1.56. The number of halogens is 1. The van der Waals surface area contributed by atoms with Gasteiger partial charge in [0.15, 0.2) is 4.32 Å². The van der Waals surface area contributed by atoms with Crippen molar-refractivity contribution in [2.24, 2.45) is 0 Å². The number of hydrogen-bond acceptors (Lipinski definition) is 6. The summed E-state index contributed by atoms with van der Waals surface area (Å²) in [6.07, 6.45) is 1.60. The molecule has 0 N–H and O–H groups in total. The Bertz CT molecular complexity index is 944. The third kappa shape index (κ3) is 3.64. The second-order valence-electron chi connectivity index (χ2n) is 5.18. The molecule has 0 atom stereocenters. The van der Waals surface area contributed by atoms with E-state index in [1.807, 2.05) is 0 Å². The maximum Gasteiger partial charge on any atom is 0.284 e. The number of anilines is 1. The van der Waals surface area contributed by atoms with Gasteiger partial charge in [0, 0.05) is 6.07 Å². The zero-order valence-electron chi connectivity index (χ0n) is 13.3. The molecule has 0 unspecified atom stereocenters. The van der Waals surface area contributed by atoms with Crippen LogP contribution in [0.4, 0.5) is 11.4 Å². The first-order valence-corrected chi connectivity index (χ1v) is 9.28. The summed E-state index contributed by atoms with van der Waals surface area (Å²) in [4.78, 5) is 25.1. The van der Waals surface area contributed by atoms with Crippen LogP contribution < -0.4 is 9.64 Å². The van der Waals surface area contributed by atoms with Crippen molar-refractivity contribution in [2.75, 3.05) is 12.0 Å². The monoisotopic (exact) mass is 450 g/mol. The Kier molecular flexibility index (Phi) is 5.40. The molecular weight excluding hydrogens is 440 g/mol. The van der Waals surface area contributed by atoms with E-state index in [0.717, 1.165) is 11.8 Å². The standard InChI is InChI=1S/C17H11BrN2O4S2/c1-24-12-5-3-11(4-6-12)19-16(21)15(26-17(19)25)9-10-2-7-13(18)14(8-10)20(22)23/h2-9H,1H3/b15-9+. The van der Waals surface area contributed by atoms with Crippen molar-refractivity contribution in [3.05, 3.63) is 67.5 Å². The van der Waals surface area contributed by atoms with Gasteiger partial charge in [0.2, 0.25) is 0 Å². The number of ether oxygens (including phenoxy) is 1. The average molecular weight is 451 g/mol. The predicted octanol–water partition coefficient (Wildman–Crippen LogP) is 4.77. The van der Waals surface area contributed by atoms with Crippen LogP contribution in [-0.2, 0) is 4.79 Å². The molecule has 0 saturated carbocycles. The quantitative estimate of drug-likeness (QED) is 0.289. The first kappa shape index (κ1) is 18.6. The number of thioether (sulfide) groups is 1. The second-order valence-corrected chi connectivity index (χ2v) is 7.71. The molecule has 3 rings (SSSR count). The molecule has 26 heavy (non-hydrogen) atoms. The molecule has 2 aromatic rings. The van der Waals surface area contributed by atoms with Crippen molar-refractivity contribution in [2.45, 2.75) is 0 Å². The Morgan fingerprint density at radius 3 is 2.58 bits per heavy atom. The van der Waals surface area contributed by atoms with Gasteiger partial charge in [-0.05, 0) is 57.9 Å². The summed E-state index contributed by atoms with van der Waals surface area (Å²) in [6.45, 7) is 0. The van der Waals surface area contributed by atoms with Gasteiger partial charge in [0.1, 0.15) is 5.75 Å². The highest BCUT2D eigenvalue weighted by Crippen LogP contribution is 2.37. The molecule has 1 saturated heterocycles. The Morgan fingerprint density at radius 1 is 1.27 bits per heavy atom. The molecule has 6 nitrogen and oxygen atoms in total. The highest BCUT2D eigenvalue weighted by Gasteiger charge is 2.33. The summed E-state index contributed by atoms with van der Waals surface area (Å²) in [5.41, 5.74) is 1.12. The molecule has 1 aliphatic rings. The highest BCUT2D eigenvalue weighted by molar-refractivity contribution is 9.10. The first-order valence-electron chi connectivity index (χ1n) is 7.26. The van der Waals surface area contributed by atoms with Gasteiger partial charge < -0.3 is 4.74 Å². The number of nitro groups is 1. The fraction of sp³-hybridized carbons (Fsp3) is 0.0588. The number of hydrogen-bond donors (Lipinski definition) is 0. The fourth-order valence-corrected chi connectivity index (χ4v) is 4.02. The summed E-state index contributed by atoms with van der Waals surface area (Å²) in [5, 5.41) is 11.1. The lowest BCUT2D eigenvalue weighted by atomic mass is 10.2. The summed E-state index contributed by atoms with van der Waals surface area (Å²) < 4.78 is 5.90. The minimum absolute atomic E-state index is 0.0654. The third-order valence-corrected chi connectivity index (χ3v) is 5.56. The van der Waals surface area contributed by atoms with Crippen LogP contribution in [0.25, 0.3) is 6.08 Å². The molecule has 1 heterocycles. The number of amides is 1. The van der Waals surface area contributed by atoms with Crippen LogP contribution in [0, 0.1) is 10.1 Å². The normalized spacial score (nSPS) is 15.6. The molecule has 0 radical (unpaired) electrons. The minimum Gasteiger partial charge on any atom is -0.497 e. The summed E-state index contributed by atoms with van der Waals surface area (Å²) >= 11 is 9.62. The molecule has 1 aliphatic heterocycles. The average Bonchev–Trinajstić information content (AvgIpc) is 2.90. The van der Waals surface area contributed by atoms with Gasteiger partial charge in [-0.2, -0.15) is 0 Å².